The van der Waals surface area contributed by atoms with Crippen LogP contribution in [0, 0.1) is 0 Å². The first kappa shape index (κ1) is 21.1. The summed E-state index contributed by atoms with van der Waals surface area (Å²) < 4.78 is 5.48. The maximum atomic E-state index is 12.3. The maximum absolute atomic E-state index is 12.3. The molecular formula is C21H18N2O6S. The molecule has 1 amide bonds. The van der Waals surface area contributed by atoms with Gasteiger partial charge in [-0.3, -0.25) is 4.79 Å². The number of amidine groups is 1. The lowest BCUT2D eigenvalue weighted by Gasteiger charge is -2.13. The molecule has 0 saturated carbocycles. The second-order valence-electron chi connectivity index (χ2n) is 6.23. The number of hydrogen-bond donors (Lipinski definition) is 3. The number of carbonyl (C=O) groups excluding carboxylic acids is 1. The van der Waals surface area contributed by atoms with E-state index in [-0.39, 0.29) is 22.3 Å². The summed E-state index contributed by atoms with van der Waals surface area (Å²) in [7, 11) is 0. The first-order valence-electron chi connectivity index (χ1n) is 8.98. The quantitative estimate of drug-likeness (QED) is 0.579. The number of rotatable bonds is 7. The van der Waals surface area contributed by atoms with E-state index in [0.717, 1.165) is 11.8 Å². The zero-order valence-electron chi connectivity index (χ0n) is 15.9. The first-order valence-corrected chi connectivity index (χ1v) is 9.80. The number of ether oxygens (including phenoxy) is 1. The van der Waals surface area contributed by atoms with Gasteiger partial charge in [0.1, 0.15) is 5.75 Å². The molecule has 3 rings (SSSR count). The number of carbonyl (C=O) groups is 3. The average molecular weight is 426 g/mol. The minimum atomic E-state index is -1.11. The predicted molar refractivity (Wildman–Crippen MR) is 113 cm³/mol. The fourth-order valence-corrected chi connectivity index (χ4v) is 3.48. The normalized spacial score (nSPS) is 17.0. The molecule has 2 aromatic rings. The van der Waals surface area contributed by atoms with Gasteiger partial charge < -0.3 is 20.3 Å². The van der Waals surface area contributed by atoms with Crippen LogP contribution in [-0.2, 0) is 9.59 Å². The highest BCUT2D eigenvalue weighted by Crippen LogP contribution is 2.30. The highest BCUT2D eigenvalue weighted by molar-refractivity contribution is 8.18. The van der Waals surface area contributed by atoms with Crippen molar-refractivity contribution in [3.8, 4) is 5.75 Å². The van der Waals surface area contributed by atoms with Crippen LogP contribution in [0.15, 0.2) is 58.4 Å². The fourth-order valence-electron chi connectivity index (χ4n) is 2.64. The van der Waals surface area contributed by atoms with Crippen LogP contribution in [0.4, 0.5) is 5.69 Å². The van der Waals surface area contributed by atoms with Gasteiger partial charge in [0.05, 0.1) is 16.2 Å². The van der Waals surface area contributed by atoms with Gasteiger partial charge in [0.2, 0.25) is 0 Å². The molecule has 1 aliphatic heterocycles. The molecule has 0 aliphatic carbocycles. The minimum Gasteiger partial charge on any atom is -0.479 e. The van der Waals surface area contributed by atoms with Gasteiger partial charge in [-0.25, -0.2) is 14.6 Å². The van der Waals surface area contributed by atoms with Crippen molar-refractivity contribution in [2.45, 2.75) is 19.4 Å². The van der Waals surface area contributed by atoms with Crippen molar-refractivity contribution in [3.63, 3.8) is 0 Å². The Morgan fingerprint density at radius 2 is 1.97 bits per heavy atom. The zero-order valence-corrected chi connectivity index (χ0v) is 16.7. The van der Waals surface area contributed by atoms with Crippen molar-refractivity contribution in [3.05, 3.63) is 64.6 Å². The van der Waals surface area contributed by atoms with Crippen LogP contribution >= 0.6 is 11.8 Å². The maximum Gasteiger partial charge on any atom is 0.344 e. The number of thioether (sulfide) groups is 1. The zero-order chi connectivity index (χ0) is 21.7. The Bertz CT molecular complexity index is 1060. The first-order chi connectivity index (χ1) is 14.4. The lowest BCUT2D eigenvalue weighted by molar-refractivity contribution is -0.145. The predicted octanol–water partition coefficient (Wildman–Crippen LogP) is 3.52. The van der Waals surface area contributed by atoms with E-state index < -0.39 is 18.0 Å². The SMILES string of the molecule is CCC(Oc1cccc(/C=C2\SC(=Nc3ccccc3C(=O)O)NC2=O)c1)C(=O)O. The molecule has 30 heavy (non-hydrogen) atoms. The molecule has 1 atom stereocenters. The third kappa shape index (κ3) is 5.06. The molecule has 3 N–H and O–H groups in total. The summed E-state index contributed by atoms with van der Waals surface area (Å²) in [5, 5.41) is 21.3. The van der Waals surface area contributed by atoms with Crippen molar-refractivity contribution >= 4 is 46.5 Å². The van der Waals surface area contributed by atoms with E-state index in [0.29, 0.717) is 22.6 Å². The Kier molecular flexibility index (Phi) is 6.53. The lowest BCUT2D eigenvalue weighted by Crippen LogP contribution is -2.25. The number of carboxylic acid groups (broad SMARTS) is 2. The van der Waals surface area contributed by atoms with Gasteiger partial charge in [0.15, 0.2) is 11.3 Å². The minimum absolute atomic E-state index is 0.0334. The molecule has 1 saturated heterocycles. The summed E-state index contributed by atoms with van der Waals surface area (Å²) in [6.45, 7) is 1.72. The summed E-state index contributed by atoms with van der Waals surface area (Å²) in [6, 6.07) is 13.0. The third-order valence-corrected chi connectivity index (χ3v) is 5.00. The Hall–Kier alpha value is -3.59. The van der Waals surface area contributed by atoms with Gasteiger partial charge >= 0.3 is 11.9 Å². The average Bonchev–Trinajstić information content (AvgIpc) is 3.05. The van der Waals surface area contributed by atoms with E-state index >= 15 is 0 Å². The number of carboxylic acids is 2. The summed E-state index contributed by atoms with van der Waals surface area (Å²) >= 11 is 1.08. The smallest absolute Gasteiger partial charge is 0.344 e. The van der Waals surface area contributed by atoms with Crippen LogP contribution in [0.25, 0.3) is 6.08 Å². The number of nitrogens with zero attached hydrogens (tertiary/aromatic N) is 1. The van der Waals surface area contributed by atoms with Crippen LogP contribution in [0.3, 0.4) is 0 Å². The Labute approximate surface area is 176 Å². The molecular weight excluding hydrogens is 408 g/mol. The number of para-hydroxylation sites is 1. The second-order valence-corrected chi connectivity index (χ2v) is 7.26. The molecule has 8 nitrogen and oxygen atoms in total. The van der Waals surface area contributed by atoms with E-state index in [1.807, 2.05) is 0 Å². The van der Waals surface area contributed by atoms with Crippen molar-refractivity contribution in [1.82, 2.24) is 5.32 Å². The Morgan fingerprint density at radius 3 is 2.67 bits per heavy atom. The fraction of sp³-hybridized carbons (Fsp3) is 0.143. The second kappa shape index (κ2) is 9.27. The highest BCUT2D eigenvalue weighted by atomic mass is 32.2. The number of aliphatic imine (C=N–C) groups is 1. The molecule has 154 valence electrons. The van der Waals surface area contributed by atoms with Gasteiger partial charge in [-0.1, -0.05) is 31.2 Å². The van der Waals surface area contributed by atoms with Crippen LogP contribution in [0.5, 0.6) is 5.75 Å². The number of benzene rings is 2. The number of nitrogens with one attached hydrogen (secondary N) is 1. The van der Waals surface area contributed by atoms with E-state index in [4.69, 9.17) is 9.84 Å². The number of aromatic carboxylic acids is 1. The van der Waals surface area contributed by atoms with E-state index in [9.17, 15) is 19.5 Å². The van der Waals surface area contributed by atoms with Gasteiger partial charge in [0, 0.05) is 0 Å². The molecule has 0 radical (unpaired) electrons. The van der Waals surface area contributed by atoms with Crippen molar-refractivity contribution in [2.24, 2.45) is 4.99 Å². The summed E-state index contributed by atoms with van der Waals surface area (Å²) in [5.41, 5.74) is 0.923. The van der Waals surface area contributed by atoms with Crippen molar-refractivity contribution in [2.75, 3.05) is 0 Å². The van der Waals surface area contributed by atoms with Crippen LogP contribution in [0.1, 0.15) is 29.3 Å². The summed E-state index contributed by atoms with van der Waals surface area (Å²) in [5.74, 6) is -2.14. The number of amides is 1. The largest absolute Gasteiger partial charge is 0.479 e. The molecule has 9 heteroatoms. The Balaban J connectivity index is 1.81. The van der Waals surface area contributed by atoms with Crippen LogP contribution in [0.2, 0.25) is 0 Å². The number of hydrogen-bond acceptors (Lipinski definition) is 6. The highest BCUT2D eigenvalue weighted by Gasteiger charge is 2.24. The third-order valence-electron chi connectivity index (χ3n) is 4.09. The lowest BCUT2D eigenvalue weighted by atomic mass is 10.2. The molecule has 0 bridgehead atoms. The molecule has 2 aromatic carbocycles. The van der Waals surface area contributed by atoms with E-state index in [2.05, 4.69) is 10.3 Å². The Morgan fingerprint density at radius 1 is 1.20 bits per heavy atom. The summed E-state index contributed by atoms with van der Waals surface area (Å²) in [4.78, 5) is 39.4. The molecule has 1 heterocycles. The van der Waals surface area contributed by atoms with Crippen LogP contribution in [-0.4, -0.2) is 39.3 Å². The standard InChI is InChI=1S/C21H18N2O6S/c1-2-16(20(27)28)29-13-7-5-6-12(10-13)11-17-18(24)23-21(30-17)22-15-9-4-3-8-14(15)19(25)26/h3-11,16H,2H2,1H3,(H,25,26)(H,27,28)(H,22,23,24)/b17-11-. The van der Waals surface area contributed by atoms with E-state index in [1.165, 1.54) is 6.07 Å². The number of aliphatic carboxylic acids is 1. The van der Waals surface area contributed by atoms with Crippen molar-refractivity contribution in [1.29, 1.82) is 0 Å². The molecule has 1 fully saturated rings. The van der Waals surface area contributed by atoms with Crippen molar-refractivity contribution < 1.29 is 29.3 Å². The van der Waals surface area contributed by atoms with Gasteiger partial charge in [0.25, 0.3) is 5.91 Å². The molecule has 0 aromatic heterocycles. The molecule has 1 aliphatic rings. The van der Waals surface area contributed by atoms with E-state index in [1.54, 1.807) is 55.5 Å². The van der Waals surface area contributed by atoms with Gasteiger partial charge in [-0.15, -0.1) is 0 Å². The topological polar surface area (TPSA) is 125 Å². The molecule has 1 unspecified atom stereocenters. The molecule has 0 spiro atoms. The van der Waals surface area contributed by atoms with Gasteiger partial charge in [-0.2, -0.15) is 0 Å². The summed E-state index contributed by atoms with van der Waals surface area (Å²) in [6.07, 6.45) is 0.988. The monoisotopic (exact) mass is 426 g/mol. The van der Waals surface area contributed by atoms with Gasteiger partial charge in [-0.05, 0) is 54.1 Å². The van der Waals surface area contributed by atoms with Crippen LogP contribution < -0.4 is 10.1 Å².